The van der Waals surface area contributed by atoms with Gasteiger partial charge in [-0.2, -0.15) is 0 Å². The molecule has 1 aromatic rings. The van der Waals surface area contributed by atoms with Crippen molar-refractivity contribution in [1.82, 2.24) is 10.6 Å². The molecule has 1 heterocycles. The van der Waals surface area contributed by atoms with Crippen LogP contribution in [-0.2, 0) is 14.3 Å². The van der Waals surface area contributed by atoms with Crippen LogP contribution in [0.25, 0.3) is 0 Å². The monoisotopic (exact) mass is 291 g/mol. The second-order valence-electron chi connectivity index (χ2n) is 4.90. The number of fused-ring (bicyclic) bond motifs is 1. The normalized spacial score (nSPS) is 16.0. The quantitative estimate of drug-likeness (QED) is 0.638. The summed E-state index contributed by atoms with van der Waals surface area (Å²) in [5.74, 6) is -0.313. The second kappa shape index (κ2) is 7.64. The first kappa shape index (κ1) is 15.3. The molecule has 114 valence electrons. The van der Waals surface area contributed by atoms with Gasteiger partial charge in [-0.1, -0.05) is 18.2 Å². The number of methoxy groups -OCH3 is 1. The molecule has 1 aliphatic rings. The van der Waals surface area contributed by atoms with Gasteiger partial charge in [-0.25, -0.2) is 0 Å². The molecular weight excluding hydrogens is 270 g/mol. The number of amides is 2. The van der Waals surface area contributed by atoms with Crippen molar-refractivity contribution in [2.45, 2.75) is 12.3 Å². The smallest absolute Gasteiger partial charge is 0.229 e. The highest BCUT2D eigenvalue weighted by molar-refractivity contribution is 5.88. The van der Waals surface area contributed by atoms with Gasteiger partial charge in [0.15, 0.2) is 0 Å². The Kier molecular flexibility index (Phi) is 5.57. The van der Waals surface area contributed by atoms with E-state index in [2.05, 4.69) is 16.0 Å². The van der Waals surface area contributed by atoms with E-state index < -0.39 is 0 Å². The average molecular weight is 291 g/mol. The molecule has 0 saturated heterocycles. The topological polar surface area (TPSA) is 79.5 Å². The number of benzene rings is 1. The Labute approximate surface area is 124 Å². The lowest BCUT2D eigenvalue weighted by Crippen LogP contribution is -2.35. The molecular formula is C15H21N3O3. The maximum atomic E-state index is 12.1. The maximum absolute atomic E-state index is 12.1. The molecule has 1 aromatic carbocycles. The van der Waals surface area contributed by atoms with Gasteiger partial charge >= 0.3 is 0 Å². The summed E-state index contributed by atoms with van der Waals surface area (Å²) in [4.78, 5) is 23.6. The first-order valence-corrected chi connectivity index (χ1v) is 7.08. The highest BCUT2D eigenvalue weighted by Crippen LogP contribution is 2.30. The molecule has 0 radical (unpaired) electrons. The summed E-state index contributed by atoms with van der Waals surface area (Å²) in [6, 6.07) is 7.79. The van der Waals surface area contributed by atoms with Crippen molar-refractivity contribution in [3.05, 3.63) is 29.8 Å². The summed E-state index contributed by atoms with van der Waals surface area (Å²) in [7, 11) is 1.58. The van der Waals surface area contributed by atoms with E-state index in [1.54, 1.807) is 7.11 Å². The summed E-state index contributed by atoms with van der Waals surface area (Å²) >= 11 is 0. The molecule has 6 nitrogen and oxygen atoms in total. The number of ether oxygens (including phenoxy) is 1. The van der Waals surface area contributed by atoms with Gasteiger partial charge in [0.2, 0.25) is 11.8 Å². The summed E-state index contributed by atoms with van der Waals surface area (Å²) in [6.07, 6.45) is 0.275. The molecule has 1 aliphatic heterocycles. The Morgan fingerprint density at radius 1 is 1.29 bits per heavy atom. The first-order valence-electron chi connectivity index (χ1n) is 7.08. The largest absolute Gasteiger partial charge is 0.384 e. The first-order chi connectivity index (χ1) is 10.2. The summed E-state index contributed by atoms with van der Waals surface area (Å²) in [5.41, 5.74) is 2.02. The van der Waals surface area contributed by atoms with E-state index in [0.717, 1.165) is 11.3 Å². The molecule has 0 aromatic heterocycles. The average Bonchev–Trinajstić information content (AvgIpc) is 2.91. The van der Waals surface area contributed by atoms with Crippen molar-refractivity contribution in [3.8, 4) is 0 Å². The molecule has 2 amide bonds. The summed E-state index contributed by atoms with van der Waals surface area (Å²) in [6.45, 7) is 1.92. The fourth-order valence-electron chi connectivity index (χ4n) is 2.32. The van der Waals surface area contributed by atoms with Crippen LogP contribution in [0.15, 0.2) is 24.3 Å². The number of carbonyl (C=O) groups is 2. The third-order valence-electron chi connectivity index (χ3n) is 3.43. The van der Waals surface area contributed by atoms with E-state index in [9.17, 15) is 9.59 Å². The molecule has 21 heavy (non-hydrogen) atoms. The molecule has 0 aliphatic carbocycles. The van der Waals surface area contributed by atoms with Gasteiger partial charge in [0.05, 0.1) is 12.5 Å². The molecule has 0 fully saturated rings. The van der Waals surface area contributed by atoms with Gasteiger partial charge in [0, 0.05) is 38.9 Å². The SMILES string of the molecule is COCCNC(=O)CCNC(=O)C1CNc2ccccc21. The third kappa shape index (κ3) is 4.19. The number of rotatable bonds is 7. The van der Waals surface area contributed by atoms with Crippen molar-refractivity contribution in [2.75, 3.05) is 38.7 Å². The van der Waals surface area contributed by atoms with Crippen molar-refractivity contribution >= 4 is 17.5 Å². The predicted molar refractivity (Wildman–Crippen MR) is 80.2 cm³/mol. The molecule has 3 N–H and O–H groups in total. The van der Waals surface area contributed by atoms with E-state index in [-0.39, 0.29) is 24.2 Å². The van der Waals surface area contributed by atoms with Crippen LogP contribution in [0.1, 0.15) is 17.9 Å². The Balaban J connectivity index is 1.72. The van der Waals surface area contributed by atoms with Crippen molar-refractivity contribution in [2.24, 2.45) is 0 Å². The number of carbonyl (C=O) groups excluding carboxylic acids is 2. The number of para-hydroxylation sites is 1. The van der Waals surface area contributed by atoms with Crippen LogP contribution in [0.3, 0.4) is 0 Å². The Morgan fingerprint density at radius 3 is 2.90 bits per heavy atom. The van der Waals surface area contributed by atoms with Crippen molar-refractivity contribution in [1.29, 1.82) is 0 Å². The second-order valence-corrected chi connectivity index (χ2v) is 4.90. The van der Waals surface area contributed by atoms with E-state index in [4.69, 9.17) is 4.74 Å². The minimum absolute atomic E-state index is 0.0443. The fourth-order valence-corrected chi connectivity index (χ4v) is 2.32. The zero-order valence-corrected chi connectivity index (χ0v) is 12.1. The van der Waals surface area contributed by atoms with Crippen LogP contribution in [0.5, 0.6) is 0 Å². The van der Waals surface area contributed by atoms with Crippen LogP contribution in [-0.4, -0.2) is 45.2 Å². The van der Waals surface area contributed by atoms with Crippen LogP contribution in [0, 0.1) is 0 Å². The van der Waals surface area contributed by atoms with Gasteiger partial charge in [-0.05, 0) is 11.6 Å². The van der Waals surface area contributed by atoms with Crippen LogP contribution < -0.4 is 16.0 Å². The zero-order chi connectivity index (χ0) is 15.1. The lowest BCUT2D eigenvalue weighted by Gasteiger charge is -2.11. The lowest BCUT2D eigenvalue weighted by atomic mass is 10.0. The standard InChI is InChI=1S/C15H21N3O3/c1-21-9-8-16-14(19)6-7-17-15(20)12-10-18-13-5-3-2-4-11(12)13/h2-5,12,18H,6-10H2,1H3,(H,16,19)(H,17,20). The third-order valence-corrected chi connectivity index (χ3v) is 3.43. The number of hydrogen-bond donors (Lipinski definition) is 3. The molecule has 2 rings (SSSR count). The zero-order valence-electron chi connectivity index (χ0n) is 12.1. The van der Waals surface area contributed by atoms with Gasteiger partial charge in [-0.3, -0.25) is 9.59 Å². The van der Waals surface area contributed by atoms with Crippen LogP contribution in [0.2, 0.25) is 0 Å². The van der Waals surface area contributed by atoms with Gasteiger partial charge in [0.25, 0.3) is 0 Å². The highest BCUT2D eigenvalue weighted by atomic mass is 16.5. The molecule has 1 unspecified atom stereocenters. The fraction of sp³-hybridized carbons (Fsp3) is 0.467. The molecule has 0 spiro atoms. The minimum Gasteiger partial charge on any atom is -0.384 e. The number of anilines is 1. The van der Waals surface area contributed by atoms with Crippen LogP contribution in [0.4, 0.5) is 5.69 Å². The van der Waals surface area contributed by atoms with E-state index in [0.29, 0.717) is 26.2 Å². The number of hydrogen-bond acceptors (Lipinski definition) is 4. The van der Waals surface area contributed by atoms with Gasteiger partial charge in [-0.15, -0.1) is 0 Å². The summed E-state index contributed by atoms with van der Waals surface area (Å²) in [5, 5.41) is 8.74. The van der Waals surface area contributed by atoms with E-state index >= 15 is 0 Å². The molecule has 0 bridgehead atoms. The Morgan fingerprint density at radius 2 is 2.10 bits per heavy atom. The van der Waals surface area contributed by atoms with Gasteiger partial charge in [0.1, 0.15) is 0 Å². The minimum atomic E-state index is -0.183. The van der Waals surface area contributed by atoms with Crippen LogP contribution >= 0.6 is 0 Å². The van der Waals surface area contributed by atoms with Gasteiger partial charge < -0.3 is 20.7 Å². The molecule has 6 heteroatoms. The highest BCUT2D eigenvalue weighted by Gasteiger charge is 2.27. The number of nitrogens with one attached hydrogen (secondary N) is 3. The van der Waals surface area contributed by atoms with Crippen molar-refractivity contribution in [3.63, 3.8) is 0 Å². The Hall–Kier alpha value is -2.08. The summed E-state index contributed by atoms with van der Waals surface area (Å²) < 4.78 is 4.84. The predicted octanol–water partition coefficient (Wildman–Crippen LogP) is 0.465. The van der Waals surface area contributed by atoms with E-state index in [1.807, 2.05) is 24.3 Å². The van der Waals surface area contributed by atoms with Crippen molar-refractivity contribution < 1.29 is 14.3 Å². The maximum Gasteiger partial charge on any atom is 0.229 e. The Bertz CT molecular complexity index is 505. The van der Waals surface area contributed by atoms with E-state index in [1.165, 1.54) is 0 Å². The molecule has 1 atom stereocenters. The lowest BCUT2D eigenvalue weighted by molar-refractivity contribution is -0.123. The molecule has 0 saturated carbocycles.